The summed E-state index contributed by atoms with van der Waals surface area (Å²) in [5.41, 5.74) is 3.43. The zero-order chi connectivity index (χ0) is 19.3. The summed E-state index contributed by atoms with van der Waals surface area (Å²) in [5, 5.41) is 9.66. The molecule has 6 nitrogen and oxygen atoms in total. The van der Waals surface area contributed by atoms with Crippen molar-refractivity contribution in [2.24, 2.45) is 0 Å². The van der Waals surface area contributed by atoms with Gasteiger partial charge in [0.05, 0.1) is 12.2 Å². The van der Waals surface area contributed by atoms with E-state index in [0.717, 1.165) is 16.8 Å². The average Bonchev–Trinajstić information content (AvgIpc) is 2.73. The van der Waals surface area contributed by atoms with Gasteiger partial charge in [0.15, 0.2) is 0 Å². The number of aromatic nitrogens is 1. The Labute approximate surface area is 167 Å². The van der Waals surface area contributed by atoms with Gasteiger partial charge in [-0.1, -0.05) is 29.8 Å². The van der Waals surface area contributed by atoms with E-state index in [4.69, 9.17) is 16.3 Å². The maximum Gasteiger partial charge on any atom is 0.319 e. The number of nitrogens with zero attached hydrogens (tertiary/aromatic N) is 1. The predicted octanol–water partition coefficient (Wildman–Crippen LogP) is 4.60. The lowest BCUT2D eigenvalue weighted by Gasteiger charge is -2.28. The van der Waals surface area contributed by atoms with E-state index in [1.807, 2.05) is 48.5 Å². The second kappa shape index (κ2) is 8.19. The molecule has 1 unspecified atom stereocenters. The summed E-state index contributed by atoms with van der Waals surface area (Å²) in [6, 6.07) is 16.6. The Balaban J connectivity index is 1.42. The molecule has 0 bridgehead atoms. The molecule has 0 saturated carbocycles. The minimum Gasteiger partial charge on any atom is -0.482 e. The Bertz CT molecular complexity index is 981. The molecule has 1 aliphatic heterocycles. The van der Waals surface area contributed by atoms with E-state index in [1.54, 1.807) is 18.5 Å². The summed E-state index contributed by atoms with van der Waals surface area (Å²) in [7, 11) is 0. The van der Waals surface area contributed by atoms with Crippen LogP contribution in [0.15, 0.2) is 67.0 Å². The fourth-order valence-electron chi connectivity index (χ4n) is 3.01. The van der Waals surface area contributed by atoms with Crippen LogP contribution in [0.5, 0.6) is 5.75 Å². The van der Waals surface area contributed by atoms with Crippen LogP contribution in [0.25, 0.3) is 0 Å². The average molecular weight is 395 g/mol. The molecule has 0 radical (unpaired) electrons. The highest BCUT2D eigenvalue weighted by molar-refractivity contribution is 6.31. The van der Waals surface area contributed by atoms with Gasteiger partial charge in [-0.25, -0.2) is 4.79 Å². The number of pyridine rings is 1. The maximum absolute atomic E-state index is 12.2. The van der Waals surface area contributed by atoms with Gasteiger partial charge in [-0.3, -0.25) is 4.98 Å². The summed E-state index contributed by atoms with van der Waals surface area (Å²) in [5.74, 6) is 0.670. The van der Waals surface area contributed by atoms with Crippen molar-refractivity contribution in [1.29, 1.82) is 0 Å². The van der Waals surface area contributed by atoms with E-state index < -0.39 is 0 Å². The molecule has 2 heterocycles. The van der Waals surface area contributed by atoms with Crippen molar-refractivity contribution in [1.82, 2.24) is 10.3 Å². The third kappa shape index (κ3) is 4.18. The standard InChI is InChI=1S/C21H19ClN4O2/c22-17-4-2-1-3-16(17)20-13-24-18-6-5-15(11-19(18)28-20)26-21(27)25-12-14-7-9-23-10-8-14/h1-11,20,24H,12-13H2,(H2,25,26,27). The van der Waals surface area contributed by atoms with Gasteiger partial charge in [-0.05, 0) is 35.9 Å². The molecule has 3 N–H and O–H groups in total. The zero-order valence-electron chi connectivity index (χ0n) is 15.0. The molecular formula is C21H19ClN4O2. The SMILES string of the molecule is O=C(NCc1ccncc1)Nc1ccc2c(c1)OC(c1ccccc1Cl)CN2. The van der Waals surface area contributed by atoms with Gasteiger partial charge in [-0.2, -0.15) is 0 Å². The fraction of sp³-hybridized carbons (Fsp3) is 0.143. The van der Waals surface area contributed by atoms with Crippen LogP contribution < -0.4 is 20.7 Å². The van der Waals surface area contributed by atoms with Gasteiger partial charge in [-0.15, -0.1) is 0 Å². The fourth-order valence-corrected chi connectivity index (χ4v) is 3.27. The number of hydrogen-bond acceptors (Lipinski definition) is 4. The highest BCUT2D eigenvalue weighted by atomic mass is 35.5. The number of hydrogen-bond donors (Lipinski definition) is 3. The van der Waals surface area contributed by atoms with E-state index in [0.29, 0.717) is 29.5 Å². The molecular weight excluding hydrogens is 376 g/mol. The first-order valence-electron chi connectivity index (χ1n) is 8.92. The topological polar surface area (TPSA) is 75.3 Å². The normalized spacial score (nSPS) is 15.0. The Kier molecular flexibility index (Phi) is 5.30. The lowest BCUT2D eigenvalue weighted by atomic mass is 10.1. The van der Waals surface area contributed by atoms with Crippen molar-refractivity contribution in [3.63, 3.8) is 0 Å². The van der Waals surface area contributed by atoms with E-state index in [-0.39, 0.29) is 12.1 Å². The molecule has 0 spiro atoms. The monoisotopic (exact) mass is 394 g/mol. The molecule has 0 aliphatic carbocycles. The Morgan fingerprint density at radius 2 is 2.00 bits per heavy atom. The van der Waals surface area contributed by atoms with Crippen LogP contribution in [0, 0.1) is 0 Å². The number of carbonyl (C=O) groups excluding carboxylic acids is 1. The molecule has 0 saturated heterocycles. The number of amides is 2. The number of rotatable bonds is 4. The number of fused-ring (bicyclic) bond motifs is 1. The number of ether oxygens (including phenoxy) is 1. The van der Waals surface area contributed by atoms with Crippen LogP contribution in [0.2, 0.25) is 5.02 Å². The zero-order valence-corrected chi connectivity index (χ0v) is 15.7. The summed E-state index contributed by atoms with van der Waals surface area (Å²) in [6.07, 6.45) is 3.19. The van der Waals surface area contributed by atoms with E-state index in [1.165, 1.54) is 0 Å². The number of anilines is 2. The number of halogens is 1. The molecule has 0 fully saturated rings. The first kappa shape index (κ1) is 18.1. The minimum absolute atomic E-state index is 0.197. The number of benzene rings is 2. The number of urea groups is 1. The smallest absolute Gasteiger partial charge is 0.319 e. The predicted molar refractivity (Wildman–Crippen MR) is 110 cm³/mol. The lowest BCUT2D eigenvalue weighted by molar-refractivity contribution is 0.210. The highest BCUT2D eigenvalue weighted by Gasteiger charge is 2.23. The number of nitrogens with one attached hydrogen (secondary N) is 3. The summed E-state index contributed by atoms with van der Waals surface area (Å²) >= 11 is 6.29. The molecule has 1 atom stereocenters. The second-order valence-electron chi connectivity index (χ2n) is 6.38. The maximum atomic E-state index is 12.2. The first-order chi connectivity index (χ1) is 13.7. The molecule has 7 heteroatoms. The molecule has 4 rings (SSSR count). The van der Waals surface area contributed by atoms with Crippen molar-refractivity contribution in [2.45, 2.75) is 12.6 Å². The largest absolute Gasteiger partial charge is 0.482 e. The third-order valence-electron chi connectivity index (χ3n) is 4.44. The molecule has 1 aromatic heterocycles. The van der Waals surface area contributed by atoms with E-state index >= 15 is 0 Å². The quantitative estimate of drug-likeness (QED) is 0.604. The van der Waals surface area contributed by atoms with Crippen LogP contribution in [0.3, 0.4) is 0 Å². The molecule has 3 aromatic rings. The van der Waals surface area contributed by atoms with Crippen LogP contribution >= 0.6 is 11.6 Å². The van der Waals surface area contributed by atoms with Gasteiger partial charge < -0.3 is 20.7 Å². The Morgan fingerprint density at radius 1 is 1.18 bits per heavy atom. The van der Waals surface area contributed by atoms with Crippen molar-refractivity contribution >= 4 is 29.0 Å². The van der Waals surface area contributed by atoms with Crippen LogP contribution in [0.1, 0.15) is 17.2 Å². The van der Waals surface area contributed by atoms with E-state index in [2.05, 4.69) is 20.9 Å². The summed E-state index contributed by atoms with van der Waals surface area (Å²) in [4.78, 5) is 16.1. The van der Waals surface area contributed by atoms with Crippen molar-refractivity contribution in [2.75, 3.05) is 17.2 Å². The second-order valence-corrected chi connectivity index (χ2v) is 6.79. The van der Waals surface area contributed by atoms with Gasteiger partial charge in [0.25, 0.3) is 0 Å². The molecule has 28 heavy (non-hydrogen) atoms. The highest BCUT2D eigenvalue weighted by Crippen LogP contribution is 2.37. The van der Waals surface area contributed by atoms with Crippen molar-refractivity contribution in [3.8, 4) is 5.75 Å². The molecule has 142 valence electrons. The van der Waals surface area contributed by atoms with Crippen LogP contribution in [-0.4, -0.2) is 17.6 Å². The molecule has 2 aromatic carbocycles. The number of carbonyl (C=O) groups is 1. The van der Waals surface area contributed by atoms with Crippen molar-refractivity contribution < 1.29 is 9.53 Å². The van der Waals surface area contributed by atoms with Crippen LogP contribution in [-0.2, 0) is 6.54 Å². The lowest BCUT2D eigenvalue weighted by Crippen LogP contribution is -2.28. The minimum atomic E-state index is -0.289. The Hall–Kier alpha value is -3.25. The first-order valence-corrected chi connectivity index (χ1v) is 9.29. The van der Waals surface area contributed by atoms with Crippen molar-refractivity contribution in [3.05, 3.63) is 83.1 Å². The molecule has 1 aliphatic rings. The summed E-state index contributed by atoms with van der Waals surface area (Å²) in [6.45, 7) is 1.04. The van der Waals surface area contributed by atoms with Gasteiger partial charge in [0, 0.05) is 41.3 Å². The third-order valence-corrected chi connectivity index (χ3v) is 4.79. The van der Waals surface area contributed by atoms with Gasteiger partial charge in [0.2, 0.25) is 0 Å². The van der Waals surface area contributed by atoms with Gasteiger partial charge in [0.1, 0.15) is 11.9 Å². The van der Waals surface area contributed by atoms with Gasteiger partial charge >= 0.3 is 6.03 Å². The van der Waals surface area contributed by atoms with E-state index in [9.17, 15) is 4.79 Å². The Morgan fingerprint density at radius 3 is 2.82 bits per heavy atom. The molecule has 2 amide bonds. The van der Waals surface area contributed by atoms with Crippen LogP contribution in [0.4, 0.5) is 16.2 Å². The summed E-state index contributed by atoms with van der Waals surface area (Å²) < 4.78 is 6.12.